The standard InChI is InChI=1S/C20H28O3/c1-11(2)12-9-13-14(10-15(12)21)20(5)8-6-7-19(3,4)18(20)17(23)16(13)22/h9-11,17-18,21,23H,6-8H2,1-5H3/t17-,18?,20+/m0/s1. The minimum atomic E-state index is -0.952. The van der Waals surface area contributed by atoms with Gasteiger partial charge in [0.25, 0.3) is 0 Å². The molecule has 3 heteroatoms. The van der Waals surface area contributed by atoms with E-state index in [9.17, 15) is 15.0 Å². The highest BCUT2D eigenvalue weighted by Gasteiger charge is 2.56. The van der Waals surface area contributed by atoms with Crippen molar-refractivity contribution >= 4 is 5.78 Å². The normalized spacial score (nSPS) is 32.6. The number of fused-ring (bicyclic) bond motifs is 3. The van der Waals surface area contributed by atoms with Gasteiger partial charge in [0, 0.05) is 11.5 Å². The van der Waals surface area contributed by atoms with Gasteiger partial charge in [0.2, 0.25) is 0 Å². The fourth-order valence-corrected chi connectivity index (χ4v) is 5.22. The quantitative estimate of drug-likeness (QED) is 0.818. The molecule has 0 aliphatic heterocycles. The smallest absolute Gasteiger partial charge is 0.191 e. The fraction of sp³-hybridized carbons (Fsp3) is 0.650. The second-order valence-electron chi connectivity index (χ2n) is 8.66. The van der Waals surface area contributed by atoms with E-state index in [4.69, 9.17) is 0 Å². The van der Waals surface area contributed by atoms with Crippen molar-refractivity contribution in [2.75, 3.05) is 0 Å². The van der Waals surface area contributed by atoms with E-state index in [1.54, 1.807) is 6.07 Å². The maximum absolute atomic E-state index is 12.9. The van der Waals surface area contributed by atoms with Crippen LogP contribution in [0.5, 0.6) is 5.75 Å². The van der Waals surface area contributed by atoms with Crippen LogP contribution in [0.2, 0.25) is 0 Å². The Morgan fingerprint density at radius 3 is 2.43 bits per heavy atom. The molecule has 2 N–H and O–H groups in total. The molecule has 1 unspecified atom stereocenters. The first-order chi connectivity index (χ1) is 10.6. The topological polar surface area (TPSA) is 57.5 Å². The molecule has 0 radical (unpaired) electrons. The monoisotopic (exact) mass is 316 g/mol. The van der Waals surface area contributed by atoms with Crippen LogP contribution in [0.1, 0.15) is 81.3 Å². The van der Waals surface area contributed by atoms with Gasteiger partial charge in [0.15, 0.2) is 5.78 Å². The van der Waals surface area contributed by atoms with Gasteiger partial charge >= 0.3 is 0 Å². The molecule has 1 aromatic carbocycles. The minimum Gasteiger partial charge on any atom is -0.508 e. The highest BCUT2D eigenvalue weighted by atomic mass is 16.3. The summed E-state index contributed by atoms with van der Waals surface area (Å²) < 4.78 is 0. The molecule has 0 bridgehead atoms. The summed E-state index contributed by atoms with van der Waals surface area (Å²) in [6.45, 7) is 10.5. The number of aromatic hydroxyl groups is 1. The van der Waals surface area contributed by atoms with E-state index in [2.05, 4.69) is 20.8 Å². The van der Waals surface area contributed by atoms with Crippen molar-refractivity contribution in [1.29, 1.82) is 0 Å². The molecule has 1 fully saturated rings. The Balaban J connectivity index is 2.26. The zero-order valence-corrected chi connectivity index (χ0v) is 14.8. The zero-order chi connectivity index (χ0) is 17.2. The SMILES string of the molecule is CC(C)c1cc2c(cc1O)[C@@]1(C)CCCC(C)(C)C1[C@@H](O)C2=O. The summed E-state index contributed by atoms with van der Waals surface area (Å²) in [5.74, 6) is 0.122. The van der Waals surface area contributed by atoms with E-state index in [-0.39, 0.29) is 34.2 Å². The van der Waals surface area contributed by atoms with Crippen LogP contribution >= 0.6 is 0 Å². The highest BCUT2D eigenvalue weighted by Crippen LogP contribution is 2.57. The van der Waals surface area contributed by atoms with E-state index in [0.29, 0.717) is 5.56 Å². The fourth-order valence-electron chi connectivity index (χ4n) is 5.22. The van der Waals surface area contributed by atoms with E-state index in [0.717, 1.165) is 30.4 Å². The van der Waals surface area contributed by atoms with Gasteiger partial charge in [0.1, 0.15) is 11.9 Å². The number of benzene rings is 1. The molecule has 1 saturated carbocycles. The minimum absolute atomic E-state index is 0.0912. The molecule has 2 aliphatic carbocycles. The largest absolute Gasteiger partial charge is 0.508 e. The average molecular weight is 316 g/mol. The van der Waals surface area contributed by atoms with Gasteiger partial charge in [-0.3, -0.25) is 4.79 Å². The zero-order valence-electron chi connectivity index (χ0n) is 14.8. The van der Waals surface area contributed by atoms with E-state index >= 15 is 0 Å². The number of carbonyl (C=O) groups excluding carboxylic acids is 1. The maximum atomic E-state index is 12.9. The molecule has 3 rings (SSSR count). The molecule has 0 spiro atoms. The van der Waals surface area contributed by atoms with E-state index in [1.807, 2.05) is 19.9 Å². The van der Waals surface area contributed by atoms with Gasteiger partial charge in [-0.25, -0.2) is 0 Å². The van der Waals surface area contributed by atoms with Gasteiger partial charge in [-0.2, -0.15) is 0 Å². The van der Waals surface area contributed by atoms with E-state index < -0.39 is 6.10 Å². The van der Waals surface area contributed by atoms with Crippen molar-refractivity contribution in [3.05, 3.63) is 28.8 Å². The van der Waals surface area contributed by atoms with Crippen molar-refractivity contribution in [2.45, 2.75) is 71.3 Å². The molecule has 0 saturated heterocycles. The van der Waals surface area contributed by atoms with Crippen molar-refractivity contribution < 1.29 is 15.0 Å². The van der Waals surface area contributed by atoms with Crippen LogP contribution in [0.15, 0.2) is 12.1 Å². The van der Waals surface area contributed by atoms with Gasteiger partial charge in [-0.15, -0.1) is 0 Å². The molecule has 0 aromatic heterocycles. The van der Waals surface area contributed by atoms with E-state index in [1.165, 1.54) is 0 Å². The number of Topliss-reactive ketones (excluding diaryl/α,β-unsaturated/α-hetero) is 1. The molecule has 0 amide bonds. The van der Waals surface area contributed by atoms with Gasteiger partial charge < -0.3 is 10.2 Å². The molecule has 0 heterocycles. The lowest BCUT2D eigenvalue weighted by atomic mass is 9.49. The lowest BCUT2D eigenvalue weighted by Crippen LogP contribution is -2.56. The molecule has 23 heavy (non-hydrogen) atoms. The third-order valence-corrected chi connectivity index (χ3v) is 6.30. The maximum Gasteiger partial charge on any atom is 0.191 e. The van der Waals surface area contributed by atoms with Crippen molar-refractivity contribution in [1.82, 2.24) is 0 Å². The first kappa shape index (κ1) is 16.5. The predicted octanol–water partition coefficient (Wildman–Crippen LogP) is 4.16. The van der Waals surface area contributed by atoms with Crippen LogP contribution in [-0.2, 0) is 5.41 Å². The number of carbonyl (C=O) groups is 1. The Bertz CT molecular complexity index is 659. The molecule has 1 aromatic rings. The Labute approximate surface area is 138 Å². The Morgan fingerprint density at radius 1 is 1.17 bits per heavy atom. The third kappa shape index (κ3) is 2.24. The van der Waals surface area contributed by atoms with Gasteiger partial charge in [-0.1, -0.05) is 41.0 Å². The first-order valence-electron chi connectivity index (χ1n) is 8.69. The molecular weight excluding hydrogens is 288 g/mol. The summed E-state index contributed by atoms with van der Waals surface area (Å²) in [6.07, 6.45) is 2.09. The highest BCUT2D eigenvalue weighted by molar-refractivity contribution is 6.03. The van der Waals surface area contributed by atoms with Crippen LogP contribution in [-0.4, -0.2) is 22.1 Å². The summed E-state index contributed by atoms with van der Waals surface area (Å²) in [6, 6.07) is 3.60. The Morgan fingerprint density at radius 2 is 1.83 bits per heavy atom. The molecule has 3 atom stereocenters. The number of hydrogen-bond acceptors (Lipinski definition) is 3. The third-order valence-electron chi connectivity index (χ3n) is 6.30. The first-order valence-corrected chi connectivity index (χ1v) is 8.69. The lowest BCUT2D eigenvalue weighted by Gasteiger charge is -2.55. The molecular formula is C20H28O3. The van der Waals surface area contributed by atoms with Crippen LogP contribution in [0.3, 0.4) is 0 Å². The predicted molar refractivity (Wildman–Crippen MR) is 91.0 cm³/mol. The average Bonchev–Trinajstić information content (AvgIpc) is 2.43. The lowest BCUT2D eigenvalue weighted by molar-refractivity contribution is -0.0389. The van der Waals surface area contributed by atoms with Gasteiger partial charge in [0.05, 0.1) is 0 Å². The second kappa shape index (κ2) is 5.07. The van der Waals surface area contributed by atoms with Crippen molar-refractivity contribution in [2.24, 2.45) is 11.3 Å². The molecule has 2 aliphatic rings. The number of phenols is 1. The number of phenolic OH excluding ortho intramolecular Hbond substituents is 1. The number of aliphatic hydroxyl groups excluding tert-OH is 1. The summed E-state index contributed by atoms with van der Waals surface area (Å²) in [7, 11) is 0. The summed E-state index contributed by atoms with van der Waals surface area (Å²) >= 11 is 0. The summed E-state index contributed by atoms with van der Waals surface area (Å²) in [4.78, 5) is 12.9. The van der Waals surface area contributed by atoms with Crippen LogP contribution in [0.4, 0.5) is 0 Å². The van der Waals surface area contributed by atoms with Crippen LogP contribution in [0.25, 0.3) is 0 Å². The summed E-state index contributed by atoms with van der Waals surface area (Å²) in [5, 5.41) is 21.3. The van der Waals surface area contributed by atoms with Crippen molar-refractivity contribution in [3.63, 3.8) is 0 Å². The number of hydrogen-bond donors (Lipinski definition) is 2. The second-order valence-corrected chi connectivity index (χ2v) is 8.66. The van der Waals surface area contributed by atoms with Gasteiger partial charge in [-0.05, 0) is 52.8 Å². The molecule has 126 valence electrons. The number of aliphatic hydroxyl groups is 1. The number of rotatable bonds is 1. The Hall–Kier alpha value is -1.35. The number of ketones is 1. The molecule has 3 nitrogen and oxygen atoms in total. The van der Waals surface area contributed by atoms with Crippen LogP contribution in [0, 0.1) is 11.3 Å². The van der Waals surface area contributed by atoms with Crippen LogP contribution < -0.4 is 0 Å². The Kier molecular flexibility index (Phi) is 3.64. The van der Waals surface area contributed by atoms with Crippen molar-refractivity contribution in [3.8, 4) is 5.75 Å². The summed E-state index contributed by atoms with van der Waals surface area (Å²) in [5.41, 5.74) is 1.95.